The number of rotatable bonds is 1. The monoisotopic (exact) mass is 165 g/mol. The Morgan fingerprint density at radius 2 is 2.58 bits per heavy atom. The number of hydrogen-bond acceptors (Lipinski definition) is 2. The van der Waals surface area contributed by atoms with Crippen LogP contribution in [0.4, 0.5) is 0 Å². The smallest absolute Gasteiger partial charge is 0.0596 e. The van der Waals surface area contributed by atoms with Crippen LogP contribution < -0.4 is 5.73 Å². The Hall–Kier alpha value is -0.830. The highest BCUT2D eigenvalue weighted by Crippen LogP contribution is 2.19. The van der Waals surface area contributed by atoms with Gasteiger partial charge in [-0.3, -0.25) is 4.68 Å². The van der Waals surface area contributed by atoms with Crippen LogP contribution in [0.25, 0.3) is 0 Å². The van der Waals surface area contributed by atoms with Gasteiger partial charge < -0.3 is 5.73 Å². The minimum absolute atomic E-state index is 0.675. The van der Waals surface area contributed by atoms with Gasteiger partial charge in [-0.2, -0.15) is 5.10 Å². The molecule has 0 spiro atoms. The first-order valence-corrected chi connectivity index (χ1v) is 4.53. The molecule has 1 aliphatic heterocycles. The van der Waals surface area contributed by atoms with E-state index >= 15 is 0 Å². The number of aryl methyl sites for hydroxylation is 2. The summed E-state index contributed by atoms with van der Waals surface area (Å²) in [6, 6.07) is 2.17. The molecule has 12 heavy (non-hydrogen) atoms. The highest BCUT2D eigenvalue weighted by atomic mass is 15.3. The summed E-state index contributed by atoms with van der Waals surface area (Å²) in [4.78, 5) is 0. The second-order valence-electron chi connectivity index (χ2n) is 3.59. The van der Waals surface area contributed by atoms with Crippen molar-refractivity contribution >= 4 is 0 Å². The van der Waals surface area contributed by atoms with Crippen molar-refractivity contribution in [1.29, 1.82) is 0 Å². The number of fused-ring (bicyclic) bond motifs is 1. The third-order valence-electron chi connectivity index (χ3n) is 2.57. The first-order chi connectivity index (χ1) is 5.79. The number of hydrogen-bond donors (Lipinski definition) is 1. The standard InChI is InChI=1S/C9H15N3/c1-7-4-9-5-8(6-10)2-3-12(9)11-7/h4,8H,2-3,5-6,10H2,1H3. The molecule has 0 radical (unpaired) electrons. The minimum atomic E-state index is 0.675. The van der Waals surface area contributed by atoms with E-state index < -0.39 is 0 Å². The predicted octanol–water partition coefficient (Wildman–Crippen LogP) is 0.713. The van der Waals surface area contributed by atoms with Gasteiger partial charge in [0.2, 0.25) is 0 Å². The van der Waals surface area contributed by atoms with Gasteiger partial charge >= 0.3 is 0 Å². The van der Waals surface area contributed by atoms with Crippen LogP contribution in [-0.2, 0) is 13.0 Å². The molecule has 2 N–H and O–H groups in total. The maximum atomic E-state index is 5.64. The van der Waals surface area contributed by atoms with Crippen LogP contribution in [0, 0.1) is 12.8 Å². The van der Waals surface area contributed by atoms with Gasteiger partial charge in [0.05, 0.1) is 5.69 Å². The van der Waals surface area contributed by atoms with Gasteiger partial charge in [0.25, 0.3) is 0 Å². The van der Waals surface area contributed by atoms with Crippen LogP contribution in [0.2, 0.25) is 0 Å². The van der Waals surface area contributed by atoms with Crippen molar-refractivity contribution < 1.29 is 0 Å². The van der Waals surface area contributed by atoms with E-state index in [2.05, 4.69) is 15.8 Å². The largest absolute Gasteiger partial charge is 0.330 e. The van der Waals surface area contributed by atoms with Gasteiger partial charge in [-0.15, -0.1) is 0 Å². The summed E-state index contributed by atoms with van der Waals surface area (Å²) < 4.78 is 2.11. The summed E-state index contributed by atoms with van der Waals surface area (Å²) in [6.07, 6.45) is 2.29. The quantitative estimate of drug-likeness (QED) is 0.666. The fraction of sp³-hybridized carbons (Fsp3) is 0.667. The van der Waals surface area contributed by atoms with Gasteiger partial charge in [-0.25, -0.2) is 0 Å². The summed E-state index contributed by atoms with van der Waals surface area (Å²) in [5, 5.41) is 4.40. The van der Waals surface area contributed by atoms with Gasteiger partial charge in [0.15, 0.2) is 0 Å². The molecule has 0 fully saturated rings. The molecule has 1 aromatic rings. The van der Waals surface area contributed by atoms with E-state index in [1.807, 2.05) is 6.92 Å². The van der Waals surface area contributed by atoms with Crippen LogP contribution in [0.5, 0.6) is 0 Å². The topological polar surface area (TPSA) is 43.8 Å². The molecule has 0 bridgehead atoms. The lowest BCUT2D eigenvalue weighted by Gasteiger charge is -2.21. The van der Waals surface area contributed by atoms with Crippen LogP contribution in [0.15, 0.2) is 6.07 Å². The molecular formula is C9H15N3. The van der Waals surface area contributed by atoms with Gasteiger partial charge in [0, 0.05) is 12.2 Å². The third kappa shape index (κ3) is 1.25. The lowest BCUT2D eigenvalue weighted by atomic mass is 9.96. The Kier molecular flexibility index (Phi) is 1.89. The van der Waals surface area contributed by atoms with Gasteiger partial charge in [-0.1, -0.05) is 0 Å². The highest BCUT2D eigenvalue weighted by molar-refractivity contribution is 5.11. The zero-order valence-corrected chi connectivity index (χ0v) is 7.45. The van der Waals surface area contributed by atoms with E-state index in [0.29, 0.717) is 5.92 Å². The highest BCUT2D eigenvalue weighted by Gasteiger charge is 2.17. The molecule has 2 rings (SSSR count). The second-order valence-corrected chi connectivity index (χ2v) is 3.59. The SMILES string of the molecule is Cc1cc2n(n1)CCC(CN)C2. The first kappa shape index (κ1) is 7.80. The van der Waals surface area contributed by atoms with Crippen LogP contribution in [0.3, 0.4) is 0 Å². The van der Waals surface area contributed by atoms with Crippen molar-refractivity contribution in [1.82, 2.24) is 9.78 Å². The van der Waals surface area contributed by atoms with Crippen molar-refractivity contribution in [3.63, 3.8) is 0 Å². The zero-order valence-electron chi connectivity index (χ0n) is 7.45. The summed E-state index contributed by atoms with van der Waals surface area (Å²) in [6.45, 7) is 3.90. The zero-order chi connectivity index (χ0) is 8.55. The first-order valence-electron chi connectivity index (χ1n) is 4.53. The fourth-order valence-corrected chi connectivity index (χ4v) is 1.86. The van der Waals surface area contributed by atoms with E-state index in [4.69, 9.17) is 5.73 Å². The summed E-state index contributed by atoms with van der Waals surface area (Å²) in [5.74, 6) is 0.675. The Balaban J connectivity index is 2.22. The summed E-state index contributed by atoms with van der Waals surface area (Å²) >= 11 is 0. The molecule has 66 valence electrons. The number of aromatic nitrogens is 2. The Labute approximate surface area is 72.6 Å². The van der Waals surface area contributed by atoms with Crippen molar-refractivity contribution in [2.24, 2.45) is 11.7 Å². The molecule has 0 aromatic carbocycles. The summed E-state index contributed by atoms with van der Waals surface area (Å²) in [5.41, 5.74) is 8.12. The van der Waals surface area contributed by atoms with E-state index in [1.54, 1.807) is 0 Å². The Morgan fingerprint density at radius 3 is 3.33 bits per heavy atom. The predicted molar refractivity (Wildman–Crippen MR) is 47.8 cm³/mol. The molecule has 1 unspecified atom stereocenters. The van der Waals surface area contributed by atoms with Crippen molar-refractivity contribution in [3.8, 4) is 0 Å². The average molecular weight is 165 g/mol. The molecule has 3 heteroatoms. The Bertz CT molecular complexity index is 277. The molecule has 1 aromatic heterocycles. The lowest BCUT2D eigenvalue weighted by Crippen LogP contribution is -2.25. The fourth-order valence-electron chi connectivity index (χ4n) is 1.86. The van der Waals surface area contributed by atoms with E-state index in [0.717, 1.165) is 25.2 Å². The Morgan fingerprint density at radius 1 is 1.75 bits per heavy atom. The second kappa shape index (κ2) is 2.90. The third-order valence-corrected chi connectivity index (χ3v) is 2.57. The van der Waals surface area contributed by atoms with Crippen LogP contribution in [-0.4, -0.2) is 16.3 Å². The molecule has 0 saturated carbocycles. The maximum Gasteiger partial charge on any atom is 0.0596 e. The molecule has 3 nitrogen and oxygen atoms in total. The number of nitrogens with two attached hydrogens (primary N) is 1. The van der Waals surface area contributed by atoms with Gasteiger partial charge in [-0.05, 0) is 38.3 Å². The normalized spacial score (nSPS) is 22.3. The molecule has 1 atom stereocenters. The van der Waals surface area contributed by atoms with Crippen molar-refractivity contribution in [2.75, 3.05) is 6.54 Å². The minimum Gasteiger partial charge on any atom is -0.330 e. The molecule has 0 saturated heterocycles. The van der Waals surface area contributed by atoms with E-state index in [-0.39, 0.29) is 0 Å². The van der Waals surface area contributed by atoms with Crippen LogP contribution >= 0.6 is 0 Å². The summed E-state index contributed by atoms with van der Waals surface area (Å²) in [7, 11) is 0. The average Bonchev–Trinajstić information content (AvgIpc) is 2.43. The molecule has 2 heterocycles. The van der Waals surface area contributed by atoms with Crippen molar-refractivity contribution in [3.05, 3.63) is 17.5 Å². The molecule has 0 amide bonds. The van der Waals surface area contributed by atoms with Gasteiger partial charge in [0.1, 0.15) is 0 Å². The molecule has 0 aliphatic carbocycles. The van der Waals surface area contributed by atoms with Crippen molar-refractivity contribution in [2.45, 2.75) is 26.3 Å². The molecule has 1 aliphatic rings. The lowest BCUT2D eigenvalue weighted by molar-refractivity contribution is 0.374. The number of nitrogens with zero attached hydrogens (tertiary/aromatic N) is 2. The van der Waals surface area contributed by atoms with Crippen LogP contribution in [0.1, 0.15) is 17.8 Å². The maximum absolute atomic E-state index is 5.64. The van der Waals surface area contributed by atoms with E-state index in [1.165, 1.54) is 12.1 Å². The molecular weight excluding hydrogens is 150 g/mol. The van der Waals surface area contributed by atoms with E-state index in [9.17, 15) is 0 Å².